The van der Waals surface area contributed by atoms with Crippen molar-refractivity contribution in [3.8, 4) is 5.75 Å². The topological polar surface area (TPSA) is 59.1 Å². The Morgan fingerprint density at radius 3 is 2.22 bits per heavy atom. The molecular weight excluding hydrogens is 424 g/mol. The van der Waals surface area contributed by atoms with Crippen molar-refractivity contribution in [3.05, 3.63) is 88.6 Å². The number of carbonyl (C=O) groups is 2. The Hall–Kier alpha value is -3.16. The first-order valence-electron chi connectivity index (χ1n) is 10.4. The van der Waals surface area contributed by atoms with Gasteiger partial charge in [0.25, 0.3) is 5.91 Å². The van der Waals surface area contributed by atoms with Gasteiger partial charge in [-0.2, -0.15) is 0 Å². The fraction of sp³-hybridized carbons (Fsp3) is 0.280. The Morgan fingerprint density at radius 2 is 1.56 bits per heavy atom. The molecule has 2 aromatic carbocycles. The van der Waals surface area contributed by atoms with Crippen LogP contribution in [-0.4, -0.2) is 55.0 Å². The lowest BCUT2D eigenvalue weighted by Crippen LogP contribution is -2.45. The maximum atomic E-state index is 13.3. The number of amides is 2. The highest BCUT2D eigenvalue weighted by molar-refractivity contribution is 7.09. The van der Waals surface area contributed by atoms with Crippen molar-refractivity contribution < 1.29 is 19.1 Å². The first kappa shape index (κ1) is 23.5. The van der Waals surface area contributed by atoms with Crippen LogP contribution in [0.1, 0.15) is 10.4 Å². The minimum Gasteiger partial charge on any atom is -0.484 e. The van der Waals surface area contributed by atoms with Crippen molar-refractivity contribution in [3.63, 3.8) is 0 Å². The molecule has 3 aromatic rings. The van der Waals surface area contributed by atoms with Crippen molar-refractivity contribution in [1.29, 1.82) is 0 Å². The highest BCUT2D eigenvalue weighted by atomic mass is 32.1. The molecule has 0 saturated carbocycles. The van der Waals surface area contributed by atoms with Crippen LogP contribution in [-0.2, 0) is 27.4 Å². The molecule has 0 atom stereocenters. The van der Waals surface area contributed by atoms with E-state index in [0.717, 1.165) is 10.4 Å². The van der Waals surface area contributed by atoms with Crippen molar-refractivity contribution >= 4 is 23.2 Å². The van der Waals surface area contributed by atoms with Crippen LogP contribution in [0.3, 0.4) is 0 Å². The minimum absolute atomic E-state index is 0.0292. The second kappa shape index (κ2) is 12.6. The summed E-state index contributed by atoms with van der Waals surface area (Å²) in [5.74, 6) is 0.240. The molecular formula is C25H28N2O4S. The van der Waals surface area contributed by atoms with Gasteiger partial charge in [-0.15, -0.1) is 11.3 Å². The van der Waals surface area contributed by atoms with Gasteiger partial charge in [0, 0.05) is 25.1 Å². The summed E-state index contributed by atoms with van der Waals surface area (Å²) in [4.78, 5) is 30.5. The second-order valence-corrected chi connectivity index (χ2v) is 8.26. The van der Waals surface area contributed by atoms with Gasteiger partial charge in [-0.05, 0) is 29.1 Å². The fourth-order valence-electron chi connectivity index (χ4n) is 3.14. The Labute approximate surface area is 193 Å². The average molecular weight is 453 g/mol. The number of hydrogen-bond acceptors (Lipinski definition) is 5. The molecule has 0 aliphatic carbocycles. The molecule has 1 aromatic heterocycles. The van der Waals surface area contributed by atoms with Gasteiger partial charge < -0.3 is 19.3 Å². The van der Waals surface area contributed by atoms with Crippen LogP contribution >= 0.6 is 11.3 Å². The summed E-state index contributed by atoms with van der Waals surface area (Å²) in [6, 6.07) is 23.0. The number of thiophene rings is 1. The standard InChI is InChI=1S/C25H28N2O4S/c1-30-15-14-26(25(29)20-31-22-11-6-3-7-12-22)19-24(28)27(18-23-13-8-16-32-23)17-21-9-4-2-5-10-21/h2-13,16H,14-15,17-20H2,1H3. The lowest BCUT2D eigenvalue weighted by Gasteiger charge is -2.27. The normalized spacial score (nSPS) is 10.5. The van der Waals surface area contributed by atoms with Gasteiger partial charge in [-0.1, -0.05) is 54.6 Å². The zero-order valence-corrected chi connectivity index (χ0v) is 19.0. The van der Waals surface area contributed by atoms with E-state index in [1.54, 1.807) is 35.5 Å². The van der Waals surface area contributed by atoms with Gasteiger partial charge in [0.2, 0.25) is 5.91 Å². The van der Waals surface area contributed by atoms with Gasteiger partial charge >= 0.3 is 0 Å². The van der Waals surface area contributed by atoms with E-state index in [0.29, 0.717) is 32.0 Å². The third kappa shape index (κ3) is 7.51. The smallest absolute Gasteiger partial charge is 0.261 e. The van der Waals surface area contributed by atoms with E-state index in [1.807, 2.05) is 66.0 Å². The zero-order valence-electron chi connectivity index (χ0n) is 18.2. The van der Waals surface area contributed by atoms with Crippen LogP contribution in [0.15, 0.2) is 78.2 Å². The van der Waals surface area contributed by atoms with E-state index in [-0.39, 0.29) is 25.0 Å². The highest BCUT2D eigenvalue weighted by Gasteiger charge is 2.22. The summed E-state index contributed by atoms with van der Waals surface area (Å²) in [5.41, 5.74) is 1.04. The van der Waals surface area contributed by atoms with Crippen molar-refractivity contribution in [1.82, 2.24) is 9.80 Å². The van der Waals surface area contributed by atoms with E-state index in [9.17, 15) is 9.59 Å². The minimum atomic E-state index is -0.255. The molecule has 0 spiro atoms. The number of carbonyl (C=O) groups excluding carboxylic acids is 2. The van der Waals surface area contributed by atoms with Gasteiger partial charge in [-0.25, -0.2) is 0 Å². The molecule has 2 amide bonds. The number of rotatable bonds is 12. The number of benzene rings is 2. The molecule has 0 bridgehead atoms. The molecule has 6 nitrogen and oxygen atoms in total. The van der Waals surface area contributed by atoms with E-state index in [4.69, 9.17) is 9.47 Å². The SMILES string of the molecule is COCCN(CC(=O)N(Cc1ccccc1)Cc1cccs1)C(=O)COc1ccccc1. The molecule has 0 radical (unpaired) electrons. The van der Waals surface area contributed by atoms with Crippen molar-refractivity contribution in [2.24, 2.45) is 0 Å². The second-order valence-electron chi connectivity index (χ2n) is 7.22. The summed E-state index contributed by atoms with van der Waals surface area (Å²) >= 11 is 1.61. The van der Waals surface area contributed by atoms with E-state index in [2.05, 4.69) is 0 Å². The van der Waals surface area contributed by atoms with E-state index >= 15 is 0 Å². The Bertz CT molecular complexity index is 949. The molecule has 0 fully saturated rings. The maximum Gasteiger partial charge on any atom is 0.261 e. The van der Waals surface area contributed by atoms with Gasteiger partial charge in [0.15, 0.2) is 6.61 Å². The first-order valence-corrected chi connectivity index (χ1v) is 11.3. The van der Waals surface area contributed by atoms with Gasteiger partial charge in [0.1, 0.15) is 5.75 Å². The fourth-order valence-corrected chi connectivity index (χ4v) is 3.86. The Balaban J connectivity index is 1.67. The van der Waals surface area contributed by atoms with Crippen LogP contribution < -0.4 is 4.74 Å². The third-order valence-corrected chi connectivity index (χ3v) is 5.71. The van der Waals surface area contributed by atoms with Crippen LogP contribution in [0.25, 0.3) is 0 Å². The summed E-state index contributed by atoms with van der Waals surface area (Å²) in [7, 11) is 1.57. The maximum absolute atomic E-state index is 13.3. The molecule has 3 rings (SSSR count). The number of nitrogens with zero attached hydrogens (tertiary/aromatic N) is 2. The van der Waals surface area contributed by atoms with Gasteiger partial charge in [0.05, 0.1) is 19.7 Å². The molecule has 168 valence electrons. The molecule has 0 aliphatic rings. The van der Waals surface area contributed by atoms with Crippen LogP contribution in [0.5, 0.6) is 5.75 Å². The largest absolute Gasteiger partial charge is 0.484 e. The number of para-hydroxylation sites is 1. The lowest BCUT2D eigenvalue weighted by atomic mass is 10.2. The monoisotopic (exact) mass is 452 g/mol. The van der Waals surface area contributed by atoms with Crippen LogP contribution in [0.4, 0.5) is 0 Å². The predicted octanol–water partition coefficient (Wildman–Crippen LogP) is 3.83. The molecule has 7 heteroatoms. The molecule has 0 unspecified atom stereocenters. The van der Waals surface area contributed by atoms with Crippen molar-refractivity contribution in [2.45, 2.75) is 13.1 Å². The zero-order chi connectivity index (χ0) is 22.6. The lowest BCUT2D eigenvalue weighted by molar-refractivity contribution is -0.142. The Morgan fingerprint density at radius 1 is 0.844 bits per heavy atom. The van der Waals surface area contributed by atoms with Crippen LogP contribution in [0.2, 0.25) is 0 Å². The molecule has 1 heterocycles. The average Bonchev–Trinajstić information content (AvgIpc) is 3.34. The third-order valence-electron chi connectivity index (χ3n) is 4.85. The number of methoxy groups -OCH3 is 1. The Kier molecular flexibility index (Phi) is 9.28. The highest BCUT2D eigenvalue weighted by Crippen LogP contribution is 2.15. The summed E-state index contributed by atoms with van der Waals surface area (Å²) in [6.45, 7) is 1.47. The summed E-state index contributed by atoms with van der Waals surface area (Å²) in [5, 5.41) is 2.00. The quantitative estimate of drug-likeness (QED) is 0.419. The van der Waals surface area contributed by atoms with Crippen LogP contribution in [0, 0.1) is 0 Å². The molecule has 0 aliphatic heterocycles. The summed E-state index contributed by atoms with van der Waals surface area (Å²) < 4.78 is 10.7. The predicted molar refractivity (Wildman–Crippen MR) is 125 cm³/mol. The molecule has 32 heavy (non-hydrogen) atoms. The first-order chi connectivity index (χ1) is 15.7. The van der Waals surface area contributed by atoms with Crippen molar-refractivity contribution in [2.75, 3.05) is 33.4 Å². The van der Waals surface area contributed by atoms with E-state index < -0.39 is 0 Å². The molecule has 0 saturated heterocycles. The van der Waals surface area contributed by atoms with Gasteiger partial charge in [-0.3, -0.25) is 9.59 Å². The number of hydrogen-bond donors (Lipinski definition) is 0. The van der Waals surface area contributed by atoms with E-state index in [1.165, 1.54) is 4.90 Å². The summed E-state index contributed by atoms with van der Waals surface area (Å²) in [6.07, 6.45) is 0. The number of ether oxygens (including phenoxy) is 2. The molecule has 0 N–H and O–H groups in total.